The Hall–Kier alpha value is -0.840. The Morgan fingerprint density at radius 1 is 1.43 bits per heavy atom. The van der Waals surface area contributed by atoms with Crippen molar-refractivity contribution in [1.29, 1.82) is 0 Å². The third kappa shape index (κ3) is 3.91. The van der Waals surface area contributed by atoms with Crippen molar-refractivity contribution < 1.29 is 13.9 Å². The highest BCUT2D eigenvalue weighted by Crippen LogP contribution is 2.08. The largest absolute Gasteiger partial charge is 0.467 e. The van der Waals surface area contributed by atoms with Crippen LogP contribution in [0.1, 0.15) is 11.3 Å². The van der Waals surface area contributed by atoms with E-state index in [2.05, 4.69) is 5.32 Å². The molecule has 0 atom stereocenters. The first kappa shape index (κ1) is 11.2. The van der Waals surface area contributed by atoms with Crippen LogP contribution < -0.4 is 5.32 Å². The van der Waals surface area contributed by atoms with Gasteiger partial charge in [0.05, 0.1) is 19.5 Å². The minimum absolute atomic E-state index is 0.507. The summed E-state index contributed by atoms with van der Waals surface area (Å²) in [4.78, 5) is 0. The summed E-state index contributed by atoms with van der Waals surface area (Å²) in [7, 11) is 3.56. The van der Waals surface area contributed by atoms with Crippen LogP contribution in [0.25, 0.3) is 0 Å². The second-order valence-electron chi connectivity index (χ2n) is 3.00. The zero-order chi connectivity index (χ0) is 10.2. The highest BCUT2D eigenvalue weighted by atomic mass is 16.5. The lowest BCUT2D eigenvalue weighted by Crippen LogP contribution is -2.03. The SMILES string of the molecule is CNCc1coc(COCCOC)c1. The molecule has 0 saturated heterocycles. The molecule has 0 aliphatic heterocycles. The fraction of sp³-hybridized carbons (Fsp3) is 0.600. The third-order valence-corrected chi connectivity index (χ3v) is 1.77. The maximum atomic E-state index is 5.31. The molecular formula is C10H17NO3. The second-order valence-corrected chi connectivity index (χ2v) is 3.00. The molecule has 0 unspecified atom stereocenters. The molecule has 4 nitrogen and oxygen atoms in total. The maximum absolute atomic E-state index is 5.31. The van der Waals surface area contributed by atoms with Gasteiger partial charge in [0.1, 0.15) is 12.4 Å². The first-order valence-electron chi connectivity index (χ1n) is 4.64. The predicted octanol–water partition coefficient (Wildman–Crippen LogP) is 1.16. The molecule has 0 fully saturated rings. The topological polar surface area (TPSA) is 43.6 Å². The molecule has 14 heavy (non-hydrogen) atoms. The summed E-state index contributed by atoms with van der Waals surface area (Å²) in [6, 6.07) is 1.99. The van der Waals surface area contributed by atoms with Crippen LogP contribution in [0.5, 0.6) is 0 Å². The number of hydrogen-bond acceptors (Lipinski definition) is 4. The van der Waals surface area contributed by atoms with Crippen molar-refractivity contribution in [3.63, 3.8) is 0 Å². The van der Waals surface area contributed by atoms with Gasteiger partial charge in [-0.25, -0.2) is 0 Å². The molecule has 1 heterocycles. The monoisotopic (exact) mass is 199 g/mol. The highest BCUT2D eigenvalue weighted by Gasteiger charge is 2.00. The van der Waals surface area contributed by atoms with Crippen LogP contribution in [0.15, 0.2) is 16.7 Å². The van der Waals surface area contributed by atoms with Gasteiger partial charge in [0.25, 0.3) is 0 Å². The summed E-state index contributed by atoms with van der Waals surface area (Å²) in [5.74, 6) is 0.853. The number of furan rings is 1. The molecule has 0 amide bonds. The number of hydrogen-bond donors (Lipinski definition) is 1. The van der Waals surface area contributed by atoms with Gasteiger partial charge in [-0.3, -0.25) is 0 Å². The Balaban J connectivity index is 2.22. The van der Waals surface area contributed by atoms with Crippen molar-refractivity contribution in [3.8, 4) is 0 Å². The van der Waals surface area contributed by atoms with Gasteiger partial charge in [-0.15, -0.1) is 0 Å². The van der Waals surface area contributed by atoms with Gasteiger partial charge in [-0.05, 0) is 13.1 Å². The molecule has 0 aliphatic rings. The van der Waals surface area contributed by atoms with E-state index in [1.54, 1.807) is 13.4 Å². The van der Waals surface area contributed by atoms with Gasteiger partial charge in [-0.2, -0.15) is 0 Å². The molecule has 1 aromatic heterocycles. The van der Waals surface area contributed by atoms with Crippen LogP contribution in [0.3, 0.4) is 0 Å². The fourth-order valence-corrected chi connectivity index (χ4v) is 1.11. The Labute approximate surface area is 84.2 Å². The van der Waals surface area contributed by atoms with E-state index in [1.165, 1.54) is 0 Å². The Morgan fingerprint density at radius 2 is 2.29 bits per heavy atom. The van der Waals surface area contributed by atoms with Crippen LogP contribution in [-0.2, 0) is 22.6 Å². The summed E-state index contributed by atoms with van der Waals surface area (Å²) in [5.41, 5.74) is 1.14. The zero-order valence-electron chi connectivity index (χ0n) is 8.71. The van der Waals surface area contributed by atoms with Crippen molar-refractivity contribution in [1.82, 2.24) is 5.32 Å². The molecular weight excluding hydrogens is 182 g/mol. The summed E-state index contributed by atoms with van der Waals surface area (Å²) < 4.78 is 15.5. The van der Waals surface area contributed by atoms with Gasteiger partial charge in [0.15, 0.2) is 0 Å². The predicted molar refractivity (Wildman–Crippen MR) is 53.0 cm³/mol. The number of nitrogens with one attached hydrogen (secondary N) is 1. The minimum Gasteiger partial charge on any atom is -0.467 e. The molecule has 0 aliphatic carbocycles. The summed E-state index contributed by atoms with van der Waals surface area (Å²) in [6.45, 7) is 2.54. The maximum Gasteiger partial charge on any atom is 0.129 e. The van der Waals surface area contributed by atoms with E-state index >= 15 is 0 Å². The van der Waals surface area contributed by atoms with Crippen LogP contribution in [-0.4, -0.2) is 27.4 Å². The molecule has 1 N–H and O–H groups in total. The van der Waals surface area contributed by atoms with Crippen molar-refractivity contribution in [3.05, 3.63) is 23.7 Å². The van der Waals surface area contributed by atoms with Crippen molar-refractivity contribution in [2.45, 2.75) is 13.2 Å². The summed E-state index contributed by atoms with van der Waals surface area (Å²) >= 11 is 0. The first-order chi connectivity index (χ1) is 6.86. The average molecular weight is 199 g/mol. The van der Waals surface area contributed by atoms with Crippen molar-refractivity contribution in [2.24, 2.45) is 0 Å². The van der Waals surface area contributed by atoms with Gasteiger partial charge in [-0.1, -0.05) is 0 Å². The molecule has 0 bridgehead atoms. The van der Waals surface area contributed by atoms with Crippen LogP contribution in [0, 0.1) is 0 Å². The normalized spacial score (nSPS) is 10.7. The second kappa shape index (κ2) is 6.59. The summed E-state index contributed by atoms with van der Waals surface area (Å²) in [6.07, 6.45) is 1.74. The molecule has 1 rings (SSSR count). The molecule has 4 heteroatoms. The number of ether oxygens (including phenoxy) is 2. The molecule has 0 spiro atoms. The van der Waals surface area contributed by atoms with Crippen molar-refractivity contribution in [2.75, 3.05) is 27.4 Å². The number of rotatable bonds is 7. The minimum atomic E-state index is 0.507. The van der Waals surface area contributed by atoms with Crippen molar-refractivity contribution >= 4 is 0 Å². The first-order valence-corrected chi connectivity index (χ1v) is 4.64. The van der Waals surface area contributed by atoms with E-state index < -0.39 is 0 Å². The molecule has 80 valence electrons. The van der Waals surface area contributed by atoms with Crippen LogP contribution in [0.4, 0.5) is 0 Å². The molecule has 1 aromatic rings. The van der Waals surface area contributed by atoms with E-state index in [9.17, 15) is 0 Å². The standard InChI is InChI=1S/C10H17NO3/c1-11-6-9-5-10(14-7-9)8-13-4-3-12-2/h5,7,11H,3-4,6,8H2,1-2H3. The molecule has 0 saturated carbocycles. The summed E-state index contributed by atoms with van der Waals surface area (Å²) in [5, 5.41) is 3.05. The van der Waals surface area contributed by atoms with Gasteiger partial charge in [0, 0.05) is 19.2 Å². The lowest BCUT2D eigenvalue weighted by atomic mass is 10.3. The quantitative estimate of drug-likeness (QED) is 0.669. The van der Waals surface area contributed by atoms with E-state index in [4.69, 9.17) is 13.9 Å². The zero-order valence-corrected chi connectivity index (χ0v) is 8.71. The van der Waals surface area contributed by atoms with E-state index in [0.29, 0.717) is 19.8 Å². The van der Waals surface area contributed by atoms with Gasteiger partial charge >= 0.3 is 0 Å². The van der Waals surface area contributed by atoms with Crippen LogP contribution in [0.2, 0.25) is 0 Å². The van der Waals surface area contributed by atoms with Gasteiger partial charge in [0.2, 0.25) is 0 Å². The van der Waals surface area contributed by atoms with Crippen LogP contribution >= 0.6 is 0 Å². The third-order valence-electron chi connectivity index (χ3n) is 1.77. The number of methoxy groups -OCH3 is 1. The van der Waals surface area contributed by atoms with Gasteiger partial charge < -0.3 is 19.2 Å². The Morgan fingerprint density at radius 3 is 3.00 bits per heavy atom. The lowest BCUT2D eigenvalue weighted by molar-refractivity contribution is 0.0538. The lowest BCUT2D eigenvalue weighted by Gasteiger charge is -1.99. The molecule has 0 aromatic carbocycles. The highest BCUT2D eigenvalue weighted by molar-refractivity contribution is 5.11. The average Bonchev–Trinajstić information content (AvgIpc) is 2.61. The van der Waals surface area contributed by atoms with E-state index in [-0.39, 0.29) is 0 Å². The van der Waals surface area contributed by atoms with E-state index in [0.717, 1.165) is 17.9 Å². The molecule has 0 radical (unpaired) electrons. The Kier molecular flexibility index (Phi) is 5.29. The fourth-order valence-electron chi connectivity index (χ4n) is 1.11. The Bertz CT molecular complexity index is 247. The van der Waals surface area contributed by atoms with E-state index in [1.807, 2.05) is 13.1 Å². The smallest absolute Gasteiger partial charge is 0.129 e.